The van der Waals surface area contributed by atoms with Gasteiger partial charge in [0, 0.05) is 12.1 Å². The fourth-order valence-electron chi connectivity index (χ4n) is 1.77. The van der Waals surface area contributed by atoms with Crippen LogP contribution in [0.4, 0.5) is 18.9 Å². The molecule has 0 bridgehead atoms. The summed E-state index contributed by atoms with van der Waals surface area (Å²) in [7, 11) is 0. The molecule has 116 valence electrons. The van der Waals surface area contributed by atoms with E-state index in [2.05, 4.69) is 0 Å². The van der Waals surface area contributed by atoms with Crippen molar-refractivity contribution in [2.24, 2.45) is 0 Å². The SMILES string of the molecule is O=[N+]([O-])c1cc(-c2cc(Cl)c(Cl)c(Cl)c2)cc(C(F)(F)F)c1. The minimum absolute atomic E-state index is 0.0317. The van der Waals surface area contributed by atoms with E-state index in [9.17, 15) is 23.3 Å². The van der Waals surface area contributed by atoms with Gasteiger partial charge in [-0.25, -0.2) is 0 Å². The highest BCUT2D eigenvalue weighted by molar-refractivity contribution is 6.48. The Morgan fingerprint density at radius 3 is 1.86 bits per heavy atom. The molecule has 0 spiro atoms. The zero-order chi connectivity index (χ0) is 16.7. The third kappa shape index (κ3) is 3.45. The number of rotatable bonds is 2. The summed E-state index contributed by atoms with van der Waals surface area (Å²) in [5.74, 6) is 0. The van der Waals surface area contributed by atoms with E-state index in [0.29, 0.717) is 6.07 Å². The van der Waals surface area contributed by atoms with Crippen LogP contribution < -0.4 is 0 Å². The van der Waals surface area contributed by atoms with Crippen LogP contribution in [0.15, 0.2) is 30.3 Å². The summed E-state index contributed by atoms with van der Waals surface area (Å²) in [5.41, 5.74) is -1.68. The van der Waals surface area contributed by atoms with Gasteiger partial charge in [0.25, 0.3) is 5.69 Å². The molecule has 0 unspecified atom stereocenters. The fraction of sp³-hybridized carbons (Fsp3) is 0.0769. The lowest BCUT2D eigenvalue weighted by Crippen LogP contribution is -2.06. The Labute approximate surface area is 137 Å². The summed E-state index contributed by atoms with van der Waals surface area (Å²) in [4.78, 5) is 9.91. The van der Waals surface area contributed by atoms with Gasteiger partial charge in [-0.15, -0.1) is 0 Å². The second kappa shape index (κ2) is 5.95. The molecule has 0 aliphatic heterocycles. The first-order chi connectivity index (χ1) is 10.1. The normalized spacial score (nSPS) is 11.5. The van der Waals surface area contributed by atoms with Crippen LogP contribution in [0, 0.1) is 10.1 Å². The van der Waals surface area contributed by atoms with E-state index in [1.807, 2.05) is 0 Å². The maximum absolute atomic E-state index is 12.9. The maximum Gasteiger partial charge on any atom is 0.416 e. The van der Waals surface area contributed by atoms with Crippen LogP contribution >= 0.6 is 34.8 Å². The van der Waals surface area contributed by atoms with Crippen molar-refractivity contribution in [1.29, 1.82) is 0 Å². The van der Waals surface area contributed by atoms with Gasteiger partial charge in [0.2, 0.25) is 0 Å². The molecular weight excluding hydrogens is 366 g/mol. The Balaban J connectivity index is 2.70. The first-order valence-electron chi connectivity index (χ1n) is 5.61. The van der Waals surface area contributed by atoms with Crippen molar-refractivity contribution in [3.8, 4) is 11.1 Å². The first-order valence-corrected chi connectivity index (χ1v) is 6.74. The van der Waals surface area contributed by atoms with Gasteiger partial charge >= 0.3 is 6.18 Å². The molecular formula is C13H5Cl3F3NO2. The van der Waals surface area contributed by atoms with Gasteiger partial charge < -0.3 is 0 Å². The molecule has 0 saturated carbocycles. The molecule has 3 nitrogen and oxygen atoms in total. The summed E-state index contributed by atoms with van der Waals surface area (Å²) in [6.45, 7) is 0. The Kier molecular flexibility index (Phi) is 4.56. The molecule has 2 rings (SSSR count). The molecule has 22 heavy (non-hydrogen) atoms. The lowest BCUT2D eigenvalue weighted by Gasteiger charge is -2.10. The van der Waals surface area contributed by atoms with Gasteiger partial charge in [0.1, 0.15) is 0 Å². The summed E-state index contributed by atoms with van der Waals surface area (Å²) in [6.07, 6.45) is -4.72. The Hall–Kier alpha value is -1.50. The number of hydrogen-bond donors (Lipinski definition) is 0. The maximum atomic E-state index is 12.9. The van der Waals surface area contributed by atoms with Crippen LogP contribution in [0.25, 0.3) is 11.1 Å². The van der Waals surface area contributed by atoms with Crippen LogP contribution in [-0.4, -0.2) is 4.92 Å². The van der Waals surface area contributed by atoms with Gasteiger partial charge in [0.05, 0.1) is 25.6 Å². The summed E-state index contributed by atoms with van der Waals surface area (Å²) < 4.78 is 38.6. The number of benzene rings is 2. The minimum Gasteiger partial charge on any atom is -0.258 e. The number of hydrogen-bond acceptors (Lipinski definition) is 2. The minimum atomic E-state index is -4.72. The average Bonchev–Trinajstić information content (AvgIpc) is 2.42. The van der Waals surface area contributed by atoms with Crippen molar-refractivity contribution in [2.75, 3.05) is 0 Å². The van der Waals surface area contributed by atoms with E-state index in [1.54, 1.807) is 0 Å². The van der Waals surface area contributed by atoms with E-state index in [1.165, 1.54) is 12.1 Å². The summed E-state index contributed by atoms with van der Waals surface area (Å²) >= 11 is 17.4. The standard InChI is InChI=1S/C13H5Cl3F3NO2/c14-10-3-7(4-11(15)12(10)16)6-1-8(13(17,18)19)5-9(2-6)20(21)22/h1-5H. The first kappa shape index (κ1) is 16.9. The Morgan fingerprint density at radius 2 is 1.41 bits per heavy atom. The quantitative estimate of drug-likeness (QED) is 0.357. The van der Waals surface area contributed by atoms with Gasteiger partial charge in [-0.2, -0.15) is 13.2 Å². The predicted molar refractivity (Wildman–Crippen MR) is 78.6 cm³/mol. The average molecular weight is 371 g/mol. The second-order valence-corrected chi connectivity index (χ2v) is 5.47. The monoisotopic (exact) mass is 369 g/mol. The lowest BCUT2D eigenvalue weighted by molar-refractivity contribution is -0.385. The lowest BCUT2D eigenvalue weighted by atomic mass is 10.0. The highest BCUT2D eigenvalue weighted by Gasteiger charge is 2.33. The zero-order valence-corrected chi connectivity index (χ0v) is 12.7. The van der Waals surface area contributed by atoms with Gasteiger partial charge in [0.15, 0.2) is 0 Å². The van der Waals surface area contributed by atoms with Crippen LogP contribution in [0.5, 0.6) is 0 Å². The summed E-state index contributed by atoms with van der Waals surface area (Å²) in [5, 5.41) is 10.9. The number of nitro benzene ring substituents is 1. The Morgan fingerprint density at radius 1 is 0.909 bits per heavy atom. The van der Waals surface area contributed by atoms with Crippen molar-refractivity contribution in [3.05, 3.63) is 61.1 Å². The molecule has 0 fully saturated rings. The molecule has 0 heterocycles. The molecule has 2 aromatic rings. The number of halogens is 6. The third-order valence-electron chi connectivity index (χ3n) is 2.77. The van der Waals surface area contributed by atoms with Crippen molar-refractivity contribution >= 4 is 40.5 Å². The highest BCUT2D eigenvalue weighted by atomic mass is 35.5. The molecule has 0 aromatic heterocycles. The van der Waals surface area contributed by atoms with Crippen LogP contribution in [0.1, 0.15) is 5.56 Å². The zero-order valence-electron chi connectivity index (χ0n) is 10.4. The Bertz CT molecular complexity index is 740. The number of non-ortho nitro benzene ring substituents is 1. The third-order valence-corrected chi connectivity index (χ3v) is 3.97. The molecule has 2 aromatic carbocycles. The predicted octanol–water partition coefficient (Wildman–Crippen LogP) is 6.24. The second-order valence-electron chi connectivity index (χ2n) is 4.28. The molecule has 0 radical (unpaired) electrons. The number of nitrogens with zero attached hydrogens (tertiary/aromatic N) is 1. The topological polar surface area (TPSA) is 43.1 Å². The van der Waals surface area contributed by atoms with Crippen LogP contribution in [0.3, 0.4) is 0 Å². The van der Waals surface area contributed by atoms with Gasteiger partial charge in [-0.1, -0.05) is 34.8 Å². The van der Waals surface area contributed by atoms with E-state index in [-0.39, 0.29) is 26.2 Å². The molecule has 9 heteroatoms. The van der Waals surface area contributed by atoms with Gasteiger partial charge in [-0.05, 0) is 29.3 Å². The van der Waals surface area contributed by atoms with Crippen LogP contribution in [0.2, 0.25) is 15.1 Å². The van der Waals surface area contributed by atoms with Crippen LogP contribution in [-0.2, 0) is 6.18 Å². The molecule has 0 atom stereocenters. The summed E-state index contributed by atoms with van der Waals surface area (Å²) in [6, 6.07) is 4.82. The highest BCUT2D eigenvalue weighted by Crippen LogP contribution is 2.39. The molecule has 0 aliphatic rings. The smallest absolute Gasteiger partial charge is 0.258 e. The van der Waals surface area contributed by atoms with Crippen molar-refractivity contribution < 1.29 is 18.1 Å². The van der Waals surface area contributed by atoms with Crippen molar-refractivity contribution in [3.63, 3.8) is 0 Å². The fourth-order valence-corrected chi connectivity index (χ4v) is 2.37. The van der Waals surface area contributed by atoms with Crippen molar-refractivity contribution in [1.82, 2.24) is 0 Å². The van der Waals surface area contributed by atoms with E-state index in [0.717, 1.165) is 12.1 Å². The molecule has 0 aliphatic carbocycles. The molecule has 0 N–H and O–H groups in total. The largest absolute Gasteiger partial charge is 0.416 e. The molecule has 0 saturated heterocycles. The number of nitro groups is 1. The van der Waals surface area contributed by atoms with Crippen molar-refractivity contribution in [2.45, 2.75) is 6.18 Å². The van der Waals surface area contributed by atoms with E-state index in [4.69, 9.17) is 34.8 Å². The number of alkyl halides is 3. The van der Waals surface area contributed by atoms with E-state index >= 15 is 0 Å². The molecule has 0 amide bonds. The van der Waals surface area contributed by atoms with Gasteiger partial charge in [-0.3, -0.25) is 10.1 Å². The van der Waals surface area contributed by atoms with E-state index < -0.39 is 22.4 Å².